The van der Waals surface area contributed by atoms with E-state index >= 15 is 0 Å². The molecule has 0 amide bonds. The van der Waals surface area contributed by atoms with Crippen LogP contribution in [0.3, 0.4) is 0 Å². The van der Waals surface area contributed by atoms with Crippen LogP contribution in [0.5, 0.6) is 0 Å². The molecule has 2 nitrogen and oxygen atoms in total. The highest BCUT2D eigenvalue weighted by Crippen LogP contribution is 2.40. The smallest absolute Gasteiger partial charge is 0.109 e. The number of hydrogen-bond donors (Lipinski definition) is 1. The van der Waals surface area contributed by atoms with Gasteiger partial charge in [-0.25, -0.2) is 4.39 Å². The Bertz CT molecular complexity index is 809. The lowest BCUT2D eigenvalue weighted by atomic mass is 9.86. The number of fused-ring (bicyclic) bond motifs is 1. The third-order valence-electron chi connectivity index (χ3n) is 4.91. The van der Waals surface area contributed by atoms with Crippen molar-refractivity contribution >= 4 is 10.9 Å². The van der Waals surface area contributed by atoms with Crippen LogP contribution in [-0.2, 0) is 0 Å². The predicted molar refractivity (Wildman–Crippen MR) is 93.5 cm³/mol. The summed E-state index contributed by atoms with van der Waals surface area (Å²) in [6, 6.07) is 18.5. The lowest BCUT2D eigenvalue weighted by Crippen LogP contribution is -2.37. The number of nitrogens with zero attached hydrogens (tertiary/aromatic N) is 1. The van der Waals surface area contributed by atoms with Crippen molar-refractivity contribution in [2.45, 2.75) is 18.5 Å². The number of hydrogen-bond acceptors (Lipinski definition) is 1. The number of halogens is 1. The second-order valence-electron chi connectivity index (χ2n) is 6.50. The van der Waals surface area contributed by atoms with Crippen LogP contribution in [0.15, 0.2) is 54.6 Å². The maximum atomic E-state index is 14.8. The Kier molecular flexibility index (Phi) is 3.66. The van der Waals surface area contributed by atoms with Crippen LogP contribution < -0.4 is 0 Å². The molecule has 0 saturated carbocycles. The molecule has 0 spiro atoms. The van der Waals surface area contributed by atoms with Crippen LogP contribution in [0.1, 0.15) is 17.9 Å². The van der Waals surface area contributed by atoms with E-state index in [4.69, 9.17) is 0 Å². The number of aromatic nitrogens is 1. The average molecular weight is 308 g/mol. The molecule has 2 atom stereocenters. The van der Waals surface area contributed by atoms with Gasteiger partial charge < -0.3 is 9.88 Å². The molecule has 2 aromatic carbocycles. The maximum Gasteiger partial charge on any atom is 0.109 e. The minimum Gasteiger partial charge on any atom is -0.354 e. The summed E-state index contributed by atoms with van der Waals surface area (Å²) in [7, 11) is 2.08. The number of alkyl halides is 1. The SMILES string of the molecule is CN1CC[C@@H](F)C(c2c(-c3ccccc3)[nH]c3ccccc23)C1. The van der Waals surface area contributed by atoms with Crippen LogP contribution in [0, 0.1) is 0 Å². The molecule has 2 heterocycles. The van der Waals surface area contributed by atoms with Gasteiger partial charge in [0.1, 0.15) is 6.17 Å². The molecule has 0 aliphatic carbocycles. The van der Waals surface area contributed by atoms with Crippen molar-refractivity contribution in [2.24, 2.45) is 0 Å². The zero-order valence-corrected chi connectivity index (χ0v) is 13.3. The Morgan fingerprint density at radius 2 is 1.78 bits per heavy atom. The summed E-state index contributed by atoms with van der Waals surface area (Å²) in [6.07, 6.45) is -0.178. The van der Waals surface area contributed by atoms with Gasteiger partial charge in [0.2, 0.25) is 0 Å². The number of para-hydroxylation sites is 1. The Hall–Kier alpha value is -2.13. The van der Waals surface area contributed by atoms with E-state index in [1.54, 1.807) is 0 Å². The lowest BCUT2D eigenvalue weighted by Gasteiger charge is -2.33. The molecular weight excluding hydrogens is 287 g/mol. The Labute approximate surface area is 135 Å². The van der Waals surface area contributed by atoms with Crippen LogP contribution >= 0.6 is 0 Å². The first kappa shape index (κ1) is 14.5. The second-order valence-corrected chi connectivity index (χ2v) is 6.50. The largest absolute Gasteiger partial charge is 0.354 e. The molecule has 1 aromatic heterocycles. The van der Waals surface area contributed by atoms with Gasteiger partial charge >= 0.3 is 0 Å². The van der Waals surface area contributed by atoms with Crippen molar-refractivity contribution in [2.75, 3.05) is 20.1 Å². The number of aromatic amines is 1. The Morgan fingerprint density at radius 3 is 2.61 bits per heavy atom. The highest BCUT2D eigenvalue weighted by atomic mass is 19.1. The first-order valence-electron chi connectivity index (χ1n) is 8.22. The van der Waals surface area contributed by atoms with E-state index in [9.17, 15) is 4.39 Å². The van der Waals surface area contributed by atoms with Gasteiger partial charge in [0.25, 0.3) is 0 Å². The Balaban J connectivity index is 1.93. The molecule has 1 aliphatic rings. The highest BCUT2D eigenvalue weighted by Gasteiger charge is 2.32. The monoisotopic (exact) mass is 308 g/mol. The first-order chi connectivity index (χ1) is 11.2. The van der Waals surface area contributed by atoms with Crippen molar-refractivity contribution in [1.29, 1.82) is 0 Å². The van der Waals surface area contributed by atoms with Gasteiger partial charge in [-0.15, -0.1) is 0 Å². The van der Waals surface area contributed by atoms with Gasteiger partial charge in [0.15, 0.2) is 0 Å². The molecule has 1 fully saturated rings. The van der Waals surface area contributed by atoms with Gasteiger partial charge in [0.05, 0.1) is 5.69 Å². The number of likely N-dealkylation sites (N-methyl/N-ethyl adjacent to an activating group) is 1. The van der Waals surface area contributed by atoms with Gasteiger partial charge in [-0.1, -0.05) is 48.5 Å². The van der Waals surface area contributed by atoms with Gasteiger partial charge in [-0.2, -0.15) is 0 Å². The average Bonchev–Trinajstić information content (AvgIpc) is 2.97. The van der Waals surface area contributed by atoms with E-state index in [2.05, 4.69) is 41.2 Å². The van der Waals surface area contributed by atoms with Crippen molar-refractivity contribution in [1.82, 2.24) is 9.88 Å². The summed E-state index contributed by atoms with van der Waals surface area (Å²) in [6.45, 7) is 1.60. The summed E-state index contributed by atoms with van der Waals surface area (Å²) < 4.78 is 14.8. The molecule has 1 N–H and O–H groups in total. The lowest BCUT2D eigenvalue weighted by molar-refractivity contribution is 0.147. The van der Waals surface area contributed by atoms with E-state index < -0.39 is 6.17 Å². The molecule has 0 bridgehead atoms. The zero-order chi connectivity index (χ0) is 15.8. The topological polar surface area (TPSA) is 19.0 Å². The summed E-state index contributed by atoms with van der Waals surface area (Å²) in [5.74, 6) is -0.0832. The van der Waals surface area contributed by atoms with Gasteiger partial charge in [-0.05, 0) is 30.7 Å². The maximum absolute atomic E-state index is 14.8. The van der Waals surface area contributed by atoms with E-state index in [-0.39, 0.29) is 5.92 Å². The molecule has 1 aliphatic heterocycles. The van der Waals surface area contributed by atoms with Crippen molar-refractivity contribution in [3.63, 3.8) is 0 Å². The summed E-state index contributed by atoms with van der Waals surface area (Å²) in [4.78, 5) is 5.76. The molecule has 1 unspecified atom stereocenters. The quantitative estimate of drug-likeness (QED) is 0.733. The van der Waals surface area contributed by atoms with Crippen LogP contribution in [0.25, 0.3) is 22.2 Å². The van der Waals surface area contributed by atoms with E-state index in [1.807, 2.05) is 30.3 Å². The van der Waals surface area contributed by atoms with Gasteiger partial charge in [-0.3, -0.25) is 0 Å². The minimum absolute atomic E-state index is 0.0832. The van der Waals surface area contributed by atoms with Crippen LogP contribution in [0.2, 0.25) is 0 Å². The third kappa shape index (κ3) is 2.55. The summed E-state index contributed by atoms with van der Waals surface area (Å²) >= 11 is 0. The number of H-pyrrole nitrogens is 1. The van der Waals surface area contributed by atoms with Crippen LogP contribution in [-0.4, -0.2) is 36.2 Å². The molecular formula is C20H21FN2. The fourth-order valence-corrected chi connectivity index (χ4v) is 3.74. The van der Waals surface area contributed by atoms with Crippen molar-refractivity contribution in [3.8, 4) is 11.3 Å². The normalized spacial score (nSPS) is 22.5. The Morgan fingerprint density at radius 1 is 1.04 bits per heavy atom. The number of benzene rings is 2. The molecule has 4 rings (SSSR count). The fraction of sp³-hybridized carbons (Fsp3) is 0.300. The molecule has 1 saturated heterocycles. The molecule has 3 aromatic rings. The van der Waals surface area contributed by atoms with E-state index in [0.717, 1.165) is 40.8 Å². The van der Waals surface area contributed by atoms with Crippen LogP contribution in [0.4, 0.5) is 4.39 Å². The highest BCUT2D eigenvalue weighted by molar-refractivity contribution is 5.91. The summed E-state index contributed by atoms with van der Waals surface area (Å²) in [5.41, 5.74) is 4.40. The van der Waals surface area contributed by atoms with Gasteiger partial charge in [0, 0.05) is 29.9 Å². The predicted octanol–water partition coefficient (Wildman–Crippen LogP) is 4.59. The second kappa shape index (κ2) is 5.82. The molecule has 23 heavy (non-hydrogen) atoms. The van der Waals surface area contributed by atoms with E-state index in [1.165, 1.54) is 0 Å². The standard InChI is InChI=1S/C20H21FN2/c1-23-12-11-17(21)16(13-23)19-15-9-5-6-10-18(15)22-20(19)14-7-3-2-4-8-14/h2-10,16-17,22H,11-13H2,1H3/t16?,17-/m1/s1. The van der Waals surface area contributed by atoms with Crippen molar-refractivity contribution < 1.29 is 4.39 Å². The van der Waals surface area contributed by atoms with E-state index in [0.29, 0.717) is 6.42 Å². The molecule has 118 valence electrons. The minimum atomic E-state index is -0.784. The number of nitrogens with one attached hydrogen (secondary N) is 1. The number of likely N-dealkylation sites (tertiary alicyclic amines) is 1. The fourth-order valence-electron chi connectivity index (χ4n) is 3.74. The molecule has 0 radical (unpaired) electrons. The zero-order valence-electron chi connectivity index (χ0n) is 13.3. The first-order valence-corrected chi connectivity index (χ1v) is 8.22. The van der Waals surface area contributed by atoms with Crippen molar-refractivity contribution in [3.05, 3.63) is 60.2 Å². The third-order valence-corrected chi connectivity index (χ3v) is 4.91. The summed E-state index contributed by atoms with van der Waals surface area (Å²) in [5, 5.41) is 1.15. The number of rotatable bonds is 2. The number of piperidine rings is 1. The molecule has 3 heteroatoms.